The normalized spacial score (nSPS) is 12.9. The van der Waals surface area contributed by atoms with Crippen LogP contribution in [0.15, 0.2) is 30.3 Å². The zero-order valence-corrected chi connectivity index (χ0v) is 9.90. The van der Waals surface area contributed by atoms with Gasteiger partial charge in [0.2, 0.25) is 0 Å². The Kier molecular flexibility index (Phi) is 3.20. The van der Waals surface area contributed by atoms with Crippen LogP contribution in [0.1, 0.15) is 31.0 Å². The first kappa shape index (κ1) is 11.1. The Morgan fingerprint density at radius 3 is 2.75 bits per heavy atom. The van der Waals surface area contributed by atoms with Gasteiger partial charge in [0.1, 0.15) is 0 Å². The summed E-state index contributed by atoms with van der Waals surface area (Å²) in [6.07, 6.45) is 1.07. The number of fused-ring (bicyclic) bond motifs is 1. The van der Waals surface area contributed by atoms with Gasteiger partial charge in [-0.2, -0.15) is 0 Å². The molecule has 0 spiro atoms. The number of hydrogen-bond donors (Lipinski definition) is 1. The molecule has 0 aliphatic heterocycles. The molecule has 1 aromatic heterocycles. The van der Waals surface area contributed by atoms with Gasteiger partial charge in [-0.05, 0) is 30.2 Å². The summed E-state index contributed by atoms with van der Waals surface area (Å²) in [4.78, 5) is 4.64. The van der Waals surface area contributed by atoms with Gasteiger partial charge >= 0.3 is 0 Å². The summed E-state index contributed by atoms with van der Waals surface area (Å²) in [7, 11) is 0. The van der Waals surface area contributed by atoms with Gasteiger partial charge in [0.15, 0.2) is 0 Å². The number of benzene rings is 1. The van der Waals surface area contributed by atoms with Crippen LogP contribution in [0.5, 0.6) is 0 Å². The van der Waals surface area contributed by atoms with E-state index in [1.165, 1.54) is 10.9 Å². The van der Waals surface area contributed by atoms with E-state index in [2.05, 4.69) is 49.2 Å². The van der Waals surface area contributed by atoms with E-state index in [4.69, 9.17) is 5.73 Å². The fourth-order valence-corrected chi connectivity index (χ4v) is 1.81. The SMILES string of the molecule is CCc1ccc2nc(C(C)CN)ccc2c1. The van der Waals surface area contributed by atoms with Crippen molar-refractivity contribution in [3.05, 3.63) is 41.6 Å². The fourth-order valence-electron chi connectivity index (χ4n) is 1.81. The summed E-state index contributed by atoms with van der Waals surface area (Å²) in [6.45, 7) is 4.92. The molecule has 16 heavy (non-hydrogen) atoms. The maximum absolute atomic E-state index is 5.65. The van der Waals surface area contributed by atoms with Crippen molar-refractivity contribution < 1.29 is 0 Å². The van der Waals surface area contributed by atoms with E-state index in [1.807, 2.05) is 0 Å². The molecule has 0 aliphatic rings. The summed E-state index contributed by atoms with van der Waals surface area (Å²) < 4.78 is 0. The van der Waals surface area contributed by atoms with Crippen molar-refractivity contribution in [3.8, 4) is 0 Å². The van der Waals surface area contributed by atoms with Crippen molar-refractivity contribution in [3.63, 3.8) is 0 Å². The van der Waals surface area contributed by atoms with Crippen LogP contribution in [0.3, 0.4) is 0 Å². The molecule has 2 heteroatoms. The summed E-state index contributed by atoms with van der Waals surface area (Å²) in [6, 6.07) is 10.7. The first-order chi connectivity index (χ1) is 7.74. The Morgan fingerprint density at radius 1 is 1.25 bits per heavy atom. The van der Waals surface area contributed by atoms with Crippen LogP contribution in [0.25, 0.3) is 10.9 Å². The molecule has 0 saturated heterocycles. The maximum atomic E-state index is 5.65. The number of nitrogens with two attached hydrogens (primary N) is 1. The average molecular weight is 214 g/mol. The van der Waals surface area contributed by atoms with Gasteiger partial charge < -0.3 is 5.73 Å². The third-order valence-electron chi connectivity index (χ3n) is 3.04. The minimum atomic E-state index is 0.329. The first-order valence-corrected chi connectivity index (χ1v) is 5.84. The highest BCUT2D eigenvalue weighted by atomic mass is 14.7. The second-order valence-electron chi connectivity index (χ2n) is 4.25. The predicted octanol–water partition coefficient (Wildman–Crippen LogP) is 2.86. The van der Waals surface area contributed by atoms with Gasteiger partial charge in [-0.3, -0.25) is 4.98 Å². The molecular weight excluding hydrogens is 196 g/mol. The van der Waals surface area contributed by atoms with Crippen molar-refractivity contribution >= 4 is 10.9 Å². The smallest absolute Gasteiger partial charge is 0.0705 e. The molecule has 2 aromatic rings. The Bertz CT molecular complexity index is 491. The van der Waals surface area contributed by atoms with Gasteiger partial charge in [-0.15, -0.1) is 0 Å². The van der Waals surface area contributed by atoms with Crippen LogP contribution in [0, 0.1) is 0 Å². The van der Waals surface area contributed by atoms with Crippen molar-refractivity contribution in [1.82, 2.24) is 4.98 Å². The van der Waals surface area contributed by atoms with Crippen LogP contribution >= 0.6 is 0 Å². The molecule has 1 unspecified atom stereocenters. The second kappa shape index (κ2) is 4.62. The van der Waals surface area contributed by atoms with Crippen LogP contribution in [-0.2, 0) is 6.42 Å². The van der Waals surface area contributed by atoms with E-state index in [1.54, 1.807) is 0 Å². The van der Waals surface area contributed by atoms with Crippen molar-refractivity contribution in [2.24, 2.45) is 5.73 Å². The Morgan fingerprint density at radius 2 is 2.06 bits per heavy atom. The molecule has 0 amide bonds. The summed E-state index contributed by atoms with van der Waals surface area (Å²) in [5, 5.41) is 1.22. The minimum Gasteiger partial charge on any atom is -0.330 e. The third kappa shape index (κ3) is 2.07. The number of aromatic nitrogens is 1. The van der Waals surface area contributed by atoms with Gasteiger partial charge in [-0.25, -0.2) is 0 Å². The quantitative estimate of drug-likeness (QED) is 0.853. The largest absolute Gasteiger partial charge is 0.330 e. The van der Waals surface area contributed by atoms with E-state index in [9.17, 15) is 0 Å². The van der Waals surface area contributed by atoms with E-state index < -0.39 is 0 Å². The van der Waals surface area contributed by atoms with Crippen molar-refractivity contribution in [2.45, 2.75) is 26.2 Å². The molecule has 0 radical (unpaired) electrons. The first-order valence-electron chi connectivity index (χ1n) is 5.84. The number of rotatable bonds is 3. The molecule has 1 atom stereocenters. The van der Waals surface area contributed by atoms with Gasteiger partial charge in [-0.1, -0.05) is 26.0 Å². The van der Waals surface area contributed by atoms with Gasteiger partial charge in [0, 0.05) is 23.5 Å². The molecule has 0 aliphatic carbocycles. The van der Waals surface area contributed by atoms with E-state index in [-0.39, 0.29) is 0 Å². The predicted molar refractivity (Wildman–Crippen MR) is 68.6 cm³/mol. The zero-order valence-electron chi connectivity index (χ0n) is 9.90. The molecular formula is C14H18N2. The monoisotopic (exact) mass is 214 g/mol. The van der Waals surface area contributed by atoms with Crippen LogP contribution in [-0.4, -0.2) is 11.5 Å². The summed E-state index contributed by atoms with van der Waals surface area (Å²) in [5.74, 6) is 0.329. The second-order valence-corrected chi connectivity index (χ2v) is 4.25. The molecule has 2 nitrogen and oxygen atoms in total. The Balaban J connectivity index is 2.47. The highest BCUT2D eigenvalue weighted by molar-refractivity contribution is 5.79. The lowest BCUT2D eigenvalue weighted by Crippen LogP contribution is -2.10. The minimum absolute atomic E-state index is 0.329. The molecule has 0 fully saturated rings. The van der Waals surface area contributed by atoms with Crippen molar-refractivity contribution in [1.29, 1.82) is 0 Å². The topological polar surface area (TPSA) is 38.9 Å². The number of aryl methyl sites for hydroxylation is 1. The molecule has 1 heterocycles. The van der Waals surface area contributed by atoms with E-state index in [0.717, 1.165) is 17.6 Å². The summed E-state index contributed by atoms with van der Waals surface area (Å²) in [5.41, 5.74) is 9.16. The Labute approximate surface area is 96.5 Å². The highest BCUT2D eigenvalue weighted by Crippen LogP contribution is 2.18. The number of pyridine rings is 1. The highest BCUT2D eigenvalue weighted by Gasteiger charge is 2.05. The average Bonchev–Trinajstić information content (AvgIpc) is 2.36. The molecule has 0 saturated carbocycles. The van der Waals surface area contributed by atoms with Gasteiger partial charge in [0.25, 0.3) is 0 Å². The van der Waals surface area contributed by atoms with E-state index >= 15 is 0 Å². The molecule has 84 valence electrons. The molecule has 1 aromatic carbocycles. The number of nitrogens with zero attached hydrogens (tertiary/aromatic N) is 1. The van der Waals surface area contributed by atoms with Crippen LogP contribution in [0.4, 0.5) is 0 Å². The van der Waals surface area contributed by atoms with E-state index in [0.29, 0.717) is 12.5 Å². The maximum Gasteiger partial charge on any atom is 0.0705 e. The lowest BCUT2D eigenvalue weighted by atomic mass is 10.0. The lowest BCUT2D eigenvalue weighted by Gasteiger charge is -2.09. The fraction of sp³-hybridized carbons (Fsp3) is 0.357. The lowest BCUT2D eigenvalue weighted by molar-refractivity contribution is 0.750. The van der Waals surface area contributed by atoms with Crippen molar-refractivity contribution in [2.75, 3.05) is 6.54 Å². The zero-order chi connectivity index (χ0) is 11.5. The Hall–Kier alpha value is -1.41. The standard InChI is InChI=1S/C14H18N2/c1-3-11-4-6-14-12(8-11)5-7-13(16-14)10(2)9-15/h4-8,10H,3,9,15H2,1-2H3. The summed E-state index contributed by atoms with van der Waals surface area (Å²) >= 11 is 0. The number of hydrogen-bond acceptors (Lipinski definition) is 2. The molecule has 2 rings (SSSR count). The van der Waals surface area contributed by atoms with Gasteiger partial charge in [0.05, 0.1) is 5.52 Å². The van der Waals surface area contributed by atoms with Crippen LogP contribution < -0.4 is 5.73 Å². The third-order valence-corrected chi connectivity index (χ3v) is 3.04. The molecule has 0 bridgehead atoms. The van der Waals surface area contributed by atoms with Crippen LogP contribution in [0.2, 0.25) is 0 Å². The molecule has 2 N–H and O–H groups in total.